The second-order valence-corrected chi connectivity index (χ2v) is 4.15. The maximum Gasteiger partial charge on any atom is 0.304 e. The van der Waals surface area contributed by atoms with Crippen molar-refractivity contribution in [3.8, 4) is 11.5 Å². The lowest BCUT2D eigenvalue weighted by Gasteiger charge is -1.92. The molecule has 2 aromatic rings. The van der Waals surface area contributed by atoms with Gasteiger partial charge >= 0.3 is 5.97 Å². The Bertz CT molecular complexity index is 501. The van der Waals surface area contributed by atoms with E-state index in [0.717, 1.165) is 5.56 Å². The van der Waals surface area contributed by atoms with Crippen LogP contribution in [0.25, 0.3) is 11.5 Å². The molecule has 2 rings (SSSR count). The quantitative estimate of drug-likeness (QED) is 0.809. The highest BCUT2D eigenvalue weighted by Gasteiger charge is 2.09. The van der Waals surface area contributed by atoms with Crippen molar-refractivity contribution in [1.82, 2.24) is 15.2 Å². The van der Waals surface area contributed by atoms with E-state index in [1.807, 2.05) is 6.07 Å². The van der Waals surface area contributed by atoms with Gasteiger partial charge in [0.05, 0.1) is 12.0 Å². The fraction of sp³-hybridized carbons (Fsp3) is 0.200. The first-order chi connectivity index (χ1) is 8.25. The van der Waals surface area contributed by atoms with Gasteiger partial charge in [0.25, 0.3) is 5.22 Å². The first-order valence-corrected chi connectivity index (χ1v) is 5.83. The van der Waals surface area contributed by atoms with Crippen molar-refractivity contribution in [1.29, 1.82) is 0 Å². The summed E-state index contributed by atoms with van der Waals surface area (Å²) < 4.78 is 5.36. The minimum absolute atomic E-state index is 0.0648. The van der Waals surface area contributed by atoms with Crippen molar-refractivity contribution in [2.75, 3.05) is 5.75 Å². The summed E-state index contributed by atoms with van der Waals surface area (Å²) in [4.78, 5) is 14.3. The molecule has 0 radical (unpaired) electrons. The normalized spacial score (nSPS) is 10.4. The van der Waals surface area contributed by atoms with E-state index in [4.69, 9.17) is 9.52 Å². The summed E-state index contributed by atoms with van der Waals surface area (Å²) in [6, 6.07) is 3.59. The number of nitrogens with zero attached hydrogens (tertiary/aromatic N) is 3. The molecule has 0 bridgehead atoms. The average Bonchev–Trinajstić information content (AvgIpc) is 2.78. The van der Waals surface area contributed by atoms with Crippen LogP contribution in [0.1, 0.15) is 6.42 Å². The zero-order chi connectivity index (χ0) is 12.1. The number of carboxylic acid groups (broad SMARTS) is 1. The van der Waals surface area contributed by atoms with Crippen molar-refractivity contribution in [2.24, 2.45) is 0 Å². The van der Waals surface area contributed by atoms with Crippen LogP contribution in [0.5, 0.6) is 0 Å². The van der Waals surface area contributed by atoms with Gasteiger partial charge in [-0.15, -0.1) is 10.2 Å². The molecule has 0 aliphatic heterocycles. The topological polar surface area (TPSA) is 89.1 Å². The average molecular weight is 251 g/mol. The molecule has 0 spiro atoms. The van der Waals surface area contributed by atoms with E-state index in [-0.39, 0.29) is 6.42 Å². The largest absolute Gasteiger partial charge is 0.481 e. The molecule has 0 fully saturated rings. The number of carbonyl (C=O) groups is 1. The summed E-state index contributed by atoms with van der Waals surface area (Å²) in [5, 5.41) is 16.5. The molecule has 17 heavy (non-hydrogen) atoms. The predicted octanol–water partition coefficient (Wildman–Crippen LogP) is 1.70. The summed E-state index contributed by atoms with van der Waals surface area (Å²) >= 11 is 1.22. The third-order valence-corrected chi connectivity index (χ3v) is 2.68. The Morgan fingerprint density at radius 1 is 1.47 bits per heavy atom. The molecule has 0 unspecified atom stereocenters. The van der Waals surface area contributed by atoms with Crippen molar-refractivity contribution < 1.29 is 14.3 Å². The van der Waals surface area contributed by atoms with Crippen molar-refractivity contribution in [3.63, 3.8) is 0 Å². The molecule has 0 aromatic carbocycles. The molecule has 7 heteroatoms. The maximum absolute atomic E-state index is 10.3. The number of hydrogen-bond donors (Lipinski definition) is 1. The van der Waals surface area contributed by atoms with E-state index in [1.54, 1.807) is 18.5 Å². The van der Waals surface area contributed by atoms with E-state index < -0.39 is 5.97 Å². The van der Waals surface area contributed by atoms with E-state index in [1.165, 1.54) is 11.8 Å². The molecule has 0 saturated heterocycles. The minimum atomic E-state index is -0.843. The second-order valence-electron chi connectivity index (χ2n) is 3.11. The van der Waals surface area contributed by atoms with Gasteiger partial charge in [-0.05, 0) is 12.1 Å². The third kappa shape index (κ3) is 3.28. The Hall–Kier alpha value is -1.89. The van der Waals surface area contributed by atoms with E-state index in [9.17, 15) is 4.79 Å². The summed E-state index contributed by atoms with van der Waals surface area (Å²) in [7, 11) is 0. The molecule has 0 amide bonds. The lowest BCUT2D eigenvalue weighted by atomic mass is 10.3. The molecular formula is C10H9N3O3S. The van der Waals surface area contributed by atoms with Gasteiger partial charge in [0, 0.05) is 18.1 Å². The monoisotopic (exact) mass is 251 g/mol. The zero-order valence-corrected chi connectivity index (χ0v) is 9.55. The van der Waals surface area contributed by atoms with Crippen molar-refractivity contribution >= 4 is 17.7 Å². The van der Waals surface area contributed by atoms with E-state index in [2.05, 4.69) is 15.2 Å². The lowest BCUT2D eigenvalue weighted by molar-refractivity contribution is -0.136. The first kappa shape index (κ1) is 11.6. The van der Waals surface area contributed by atoms with Crippen LogP contribution in [-0.4, -0.2) is 32.0 Å². The number of carboxylic acids is 1. The number of pyridine rings is 1. The molecule has 2 heterocycles. The molecule has 2 aromatic heterocycles. The standard InChI is InChI=1S/C10H9N3O3S/c14-8(15)3-5-17-10-13-12-9(16-10)7-2-1-4-11-6-7/h1-2,4,6H,3,5H2,(H,14,15). The van der Waals surface area contributed by atoms with Gasteiger partial charge in [-0.25, -0.2) is 0 Å². The smallest absolute Gasteiger partial charge is 0.304 e. The highest BCUT2D eigenvalue weighted by molar-refractivity contribution is 7.99. The molecule has 0 aliphatic carbocycles. The molecule has 88 valence electrons. The van der Waals surface area contributed by atoms with Gasteiger partial charge in [-0.1, -0.05) is 11.8 Å². The van der Waals surface area contributed by atoms with Crippen LogP contribution in [-0.2, 0) is 4.79 Å². The van der Waals surface area contributed by atoms with Gasteiger partial charge < -0.3 is 9.52 Å². The summed E-state index contributed by atoms with van der Waals surface area (Å²) in [6.07, 6.45) is 3.34. The maximum atomic E-state index is 10.3. The Labute approximate surface area is 101 Å². The summed E-state index contributed by atoms with van der Waals surface area (Å²) in [6.45, 7) is 0. The van der Waals surface area contributed by atoms with E-state index in [0.29, 0.717) is 16.9 Å². The Balaban J connectivity index is 1.99. The minimum Gasteiger partial charge on any atom is -0.481 e. The predicted molar refractivity (Wildman–Crippen MR) is 60.5 cm³/mol. The van der Waals surface area contributed by atoms with Gasteiger partial charge in [0.1, 0.15) is 0 Å². The third-order valence-electron chi connectivity index (χ3n) is 1.86. The lowest BCUT2D eigenvalue weighted by Crippen LogP contribution is -1.95. The van der Waals surface area contributed by atoms with Crippen LogP contribution < -0.4 is 0 Å². The van der Waals surface area contributed by atoms with Crippen LogP contribution >= 0.6 is 11.8 Å². The Kier molecular flexibility index (Phi) is 3.71. The SMILES string of the molecule is O=C(O)CCSc1nnc(-c2cccnc2)o1. The number of aliphatic carboxylic acids is 1. The van der Waals surface area contributed by atoms with Crippen molar-refractivity contribution in [2.45, 2.75) is 11.6 Å². The highest BCUT2D eigenvalue weighted by Crippen LogP contribution is 2.22. The molecule has 0 saturated carbocycles. The highest BCUT2D eigenvalue weighted by atomic mass is 32.2. The van der Waals surface area contributed by atoms with Crippen LogP contribution in [0.3, 0.4) is 0 Å². The van der Waals surface area contributed by atoms with Crippen molar-refractivity contribution in [3.05, 3.63) is 24.5 Å². The fourth-order valence-electron chi connectivity index (χ4n) is 1.10. The molecule has 0 atom stereocenters. The molecular weight excluding hydrogens is 242 g/mol. The van der Waals surface area contributed by atoms with Crippen LogP contribution in [0.4, 0.5) is 0 Å². The van der Waals surface area contributed by atoms with Gasteiger partial charge in [0.2, 0.25) is 5.89 Å². The van der Waals surface area contributed by atoms with Crippen LogP contribution in [0, 0.1) is 0 Å². The van der Waals surface area contributed by atoms with Crippen LogP contribution in [0.2, 0.25) is 0 Å². The number of rotatable bonds is 5. The van der Waals surface area contributed by atoms with Gasteiger partial charge in [-0.3, -0.25) is 9.78 Å². The number of thioether (sulfide) groups is 1. The second kappa shape index (κ2) is 5.44. The van der Waals surface area contributed by atoms with Crippen LogP contribution in [0.15, 0.2) is 34.2 Å². The molecule has 0 aliphatic rings. The number of hydrogen-bond acceptors (Lipinski definition) is 6. The van der Waals surface area contributed by atoms with Gasteiger partial charge in [0.15, 0.2) is 0 Å². The number of aromatic nitrogens is 3. The molecule has 1 N–H and O–H groups in total. The molecule has 6 nitrogen and oxygen atoms in total. The van der Waals surface area contributed by atoms with Gasteiger partial charge in [-0.2, -0.15) is 0 Å². The zero-order valence-electron chi connectivity index (χ0n) is 8.74. The summed E-state index contributed by atoms with van der Waals surface area (Å²) in [5.74, 6) is -0.0512. The Morgan fingerprint density at radius 3 is 3.06 bits per heavy atom. The summed E-state index contributed by atoms with van der Waals surface area (Å²) in [5.41, 5.74) is 0.741. The Morgan fingerprint density at radius 2 is 2.35 bits per heavy atom. The first-order valence-electron chi connectivity index (χ1n) is 4.84. The fourth-order valence-corrected chi connectivity index (χ4v) is 1.79. The van der Waals surface area contributed by atoms with E-state index >= 15 is 0 Å².